The van der Waals surface area contributed by atoms with Gasteiger partial charge < -0.3 is 4.74 Å². The molecule has 2 atom stereocenters. The van der Waals surface area contributed by atoms with E-state index in [-0.39, 0.29) is 8.41 Å². The molecule has 1 rings (SSSR count). The zero-order chi connectivity index (χ0) is 16.3. The second-order valence-corrected chi connectivity index (χ2v) is 8.16. The Balaban J connectivity index is -0.000000304. The quantitative estimate of drug-likeness (QED) is 0.565. The maximum atomic E-state index is 5.81. The summed E-state index contributed by atoms with van der Waals surface area (Å²) in [6.07, 6.45) is 3.15. The average molecular weight is 297 g/mol. The number of hydrogen-bond donors (Lipinski definition) is 0. The Bertz CT molecular complexity index is 164. The molecule has 1 nitrogen and oxygen atoms in total. The normalized spacial score (nSPS) is 21.4. The predicted octanol–water partition coefficient (Wildman–Crippen LogP) is 6.04. The molecule has 127 valence electrons. The summed E-state index contributed by atoms with van der Waals surface area (Å²) in [5.41, 5.74) is 0. The van der Waals surface area contributed by atoms with Crippen molar-refractivity contribution in [1.29, 1.82) is 0 Å². The van der Waals surface area contributed by atoms with Crippen molar-refractivity contribution in [3.63, 3.8) is 0 Å². The first-order valence-corrected chi connectivity index (χ1v) is 8.69. The Morgan fingerprint density at radius 3 is 1.24 bits per heavy atom. The highest BCUT2D eigenvalue weighted by atomic mass is 16.5. The minimum absolute atomic E-state index is 0. The third kappa shape index (κ3) is 20.0. The zero-order valence-corrected chi connectivity index (χ0v) is 16.6. The van der Waals surface area contributed by atoms with Gasteiger partial charge in [-0.3, -0.25) is 0 Å². The Morgan fingerprint density at radius 2 is 1.05 bits per heavy atom. The highest BCUT2D eigenvalue weighted by Crippen LogP contribution is 2.27. The molecular formula is C19H42BO. The van der Waals surface area contributed by atoms with Gasteiger partial charge in [0.1, 0.15) is 0 Å². The van der Waals surface area contributed by atoms with Crippen LogP contribution in [0.1, 0.15) is 82.1 Å². The first-order valence-electron chi connectivity index (χ1n) is 8.69. The summed E-state index contributed by atoms with van der Waals surface area (Å²) in [4.78, 5) is 0. The molecule has 2 unspecified atom stereocenters. The average Bonchev–Trinajstić information content (AvgIpc) is 2.27. The van der Waals surface area contributed by atoms with E-state index in [4.69, 9.17) is 4.74 Å². The maximum Gasteiger partial charge on any atom is 0.0598 e. The molecule has 1 fully saturated rings. The summed E-state index contributed by atoms with van der Waals surface area (Å²) in [5, 5.41) is 0. The minimum atomic E-state index is 0. The highest BCUT2D eigenvalue weighted by Gasteiger charge is 2.25. The molecule has 0 bridgehead atoms. The second-order valence-electron chi connectivity index (χ2n) is 8.16. The molecule has 3 radical (unpaired) electrons. The lowest BCUT2D eigenvalue weighted by atomic mass is 9.86. The second kappa shape index (κ2) is 14.9. The first kappa shape index (κ1) is 25.9. The van der Waals surface area contributed by atoms with Crippen molar-refractivity contribution in [2.45, 2.75) is 88.2 Å². The van der Waals surface area contributed by atoms with Crippen LogP contribution in [0.2, 0.25) is 0 Å². The summed E-state index contributed by atoms with van der Waals surface area (Å²) in [6.45, 7) is 23.1. The fourth-order valence-electron chi connectivity index (χ4n) is 1.84. The van der Waals surface area contributed by atoms with Crippen LogP contribution in [0.4, 0.5) is 0 Å². The van der Waals surface area contributed by atoms with E-state index >= 15 is 0 Å². The van der Waals surface area contributed by atoms with Crippen LogP contribution in [0, 0.1) is 29.6 Å². The van der Waals surface area contributed by atoms with E-state index in [1.807, 2.05) is 0 Å². The summed E-state index contributed by atoms with van der Waals surface area (Å²) < 4.78 is 5.81. The SMILES string of the molecule is CC(C)C.CC(C)C.CC(C)C1CCC(C(C)C)OC1.[B]. The Hall–Kier alpha value is 0.0249. The highest BCUT2D eigenvalue weighted by molar-refractivity contribution is 5.75. The van der Waals surface area contributed by atoms with Crippen molar-refractivity contribution in [3.8, 4) is 0 Å². The lowest BCUT2D eigenvalue weighted by Crippen LogP contribution is -2.31. The molecule has 2 heteroatoms. The van der Waals surface area contributed by atoms with Gasteiger partial charge in [0.15, 0.2) is 0 Å². The molecule has 21 heavy (non-hydrogen) atoms. The minimum Gasteiger partial charge on any atom is -0.378 e. The molecule has 0 N–H and O–H groups in total. The fourth-order valence-corrected chi connectivity index (χ4v) is 1.84. The molecule has 0 aromatic carbocycles. The lowest BCUT2D eigenvalue weighted by Gasteiger charge is -2.33. The molecule has 1 aliphatic rings. The summed E-state index contributed by atoms with van der Waals surface area (Å²) in [6, 6.07) is 0. The largest absolute Gasteiger partial charge is 0.378 e. The molecule has 0 aliphatic carbocycles. The van der Waals surface area contributed by atoms with Gasteiger partial charge in [-0.25, -0.2) is 0 Å². The Kier molecular flexibility index (Phi) is 18.5. The van der Waals surface area contributed by atoms with Crippen LogP contribution in [0.5, 0.6) is 0 Å². The van der Waals surface area contributed by atoms with Crippen LogP contribution >= 0.6 is 0 Å². The van der Waals surface area contributed by atoms with E-state index in [2.05, 4.69) is 69.2 Å². The zero-order valence-electron chi connectivity index (χ0n) is 16.6. The molecule has 0 spiro atoms. The van der Waals surface area contributed by atoms with Gasteiger partial charge in [-0.2, -0.15) is 0 Å². The lowest BCUT2D eigenvalue weighted by molar-refractivity contribution is -0.0496. The van der Waals surface area contributed by atoms with Gasteiger partial charge in [-0.05, 0) is 42.4 Å². The fraction of sp³-hybridized carbons (Fsp3) is 1.00. The standard InChI is InChI=1S/C11H22O.2C4H10.B/c1-8(2)10-5-6-11(9(3)4)12-7-10;2*1-4(2)3;/h8-11H,5-7H2,1-4H3;2*4H,1-3H3;. The van der Waals surface area contributed by atoms with Gasteiger partial charge in [0.25, 0.3) is 0 Å². The van der Waals surface area contributed by atoms with Crippen LogP contribution in [0.15, 0.2) is 0 Å². The van der Waals surface area contributed by atoms with Crippen molar-refractivity contribution in [2.75, 3.05) is 6.61 Å². The monoisotopic (exact) mass is 297 g/mol. The predicted molar refractivity (Wildman–Crippen MR) is 98.9 cm³/mol. The summed E-state index contributed by atoms with van der Waals surface area (Å²) in [7, 11) is 0. The molecule has 0 aromatic rings. The van der Waals surface area contributed by atoms with Gasteiger partial charge in [0, 0.05) is 8.41 Å². The first-order chi connectivity index (χ1) is 9.07. The van der Waals surface area contributed by atoms with Gasteiger partial charge in [0.05, 0.1) is 12.7 Å². The van der Waals surface area contributed by atoms with Gasteiger partial charge in [-0.1, -0.05) is 69.2 Å². The van der Waals surface area contributed by atoms with E-state index < -0.39 is 0 Å². The van der Waals surface area contributed by atoms with E-state index in [1.54, 1.807) is 0 Å². The van der Waals surface area contributed by atoms with Crippen molar-refractivity contribution in [1.82, 2.24) is 0 Å². The van der Waals surface area contributed by atoms with Crippen LogP contribution in [0.25, 0.3) is 0 Å². The van der Waals surface area contributed by atoms with E-state index in [9.17, 15) is 0 Å². The van der Waals surface area contributed by atoms with Gasteiger partial charge in [0.2, 0.25) is 0 Å². The Labute approximate surface area is 138 Å². The number of ether oxygens (including phenoxy) is 1. The third-order valence-electron chi connectivity index (χ3n) is 3.03. The summed E-state index contributed by atoms with van der Waals surface area (Å²) >= 11 is 0. The molecular weight excluding hydrogens is 255 g/mol. The van der Waals surface area contributed by atoms with Crippen LogP contribution in [-0.2, 0) is 4.74 Å². The molecule has 1 heterocycles. The van der Waals surface area contributed by atoms with E-state index in [0.29, 0.717) is 12.0 Å². The van der Waals surface area contributed by atoms with Crippen LogP contribution in [-0.4, -0.2) is 21.1 Å². The topological polar surface area (TPSA) is 9.23 Å². The third-order valence-corrected chi connectivity index (χ3v) is 3.03. The smallest absolute Gasteiger partial charge is 0.0598 e. The maximum absolute atomic E-state index is 5.81. The van der Waals surface area contributed by atoms with Crippen LogP contribution < -0.4 is 0 Å². The van der Waals surface area contributed by atoms with Gasteiger partial charge >= 0.3 is 0 Å². The van der Waals surface area contributed by atoms with E-state index in [0.717, 1.165) is 30.3 Å². The number of hydrogen-bond acceptors (Lipinski definition) is 1. The molecule has 0 saturated carbocycles. The van der Waals surface area contributed by atoms with Gasteiger partial charge in [-0.15, -0.1) is 0 Å². The molecule has 1 aliphatic heterocycles. The van der Waals surface area contributed by atoms with E-state index in [1.165, 1.54) is 12.8 Å². The molecule has 1 saturated heterocycles. The Morgan fingerprint density at radius 1 is 0.667 bits per heavy atom. The van der Waals surface area contributed by atoms with Crippen molar-refractivity contribution >= 4 is 8.41 Å². The van der Waals surface area contributed by atoms with Crippen LogP contribution in [0.3, 0.4) is 0 Å². The number of rotatable bonds is 2. The molecule has 0 aromatic heterocycles. The van der Waals surface area contributed by atoms with Crippen molar-refractivity contribution < 1.29 is 4.74 Å². The summed E-state index contributed by atoms with van der Waals surface area (Å²) in [5.74, 6) is 3.95. The van der Waals surface area contributed by atoms with Crippen molar-refractivity contribution in [3.05, 3.63) is 0 Å². The molecule has 0 amide bonds. The van der Waals surface area contributed by atoms with Crippen molar-refractivity contribution in [2.24, 2.45) is 29.6 Å².